The molecule has 2 heterocycles. The third kappa shape index (κ3) is 6.64. The van der Waals surface area contributed by atoms with Crippen LogP contribution in [0, 0.1) is 0 Å². The SMILES string of the molecule is CC(C)(C)OC(=O)N1CCn2c(c(O)n(OC(=O)NCCNCCC3=CC=CCC3)c2=O)C1. The maximum Gasteiger partial charge on any atom is 0.432 e. The van der Waals surface area contributed by atoms with Gasteiger partial charge in [0.1, 0.15) is 11.3 Å². The quantitative estimate of drug-likeness (QED) is 0.523. The molecule has 3 N–H and O–H groups in total. The van der Waals surface area contributed by atoms with E-state index in [0.29, 0.717) is 17.8 Å². The summed E-state index contributed by atoms with van der Waals surface area (Å²) in [5, 5.41) is 16.2. The van der Waals surface area contributed by atoms with Crippen LogP contribution in [0.15, 0.2) is 28.6 Å². The van der Waals surface area contributed by atoms with Gasteiger partial charge in [-0.2, -0.15) is 0 Å². The predicted octanol–water partition coefficient (Wildman–Crippen LogP) is 1.50. The zero-order valence-electron chi connectivity index (χ0n) is 19.4. The average molecular weight is 464 g/mol. The zero-order chi connectivity index (χ0) is 24.0. The molecule has 0 unspecified atom stereocenters. The third-order valence-corrected chi connectivity index (χ3v) is 5.24. The summed E-state index contributed by atoms with van der Waals surface area (Å²) in [6, 6.07) is 0. The van der Waals surface area contributed by atoms with Crippen LogP contribution in [0.5, 0.6) is 5.88 Å². The Morgan fingerprint density at radius 3 is 2.67 bits per heavy atom. The first-order valence-electron chi connectivity index (χ1n) is 11.2. The van der Waals surface area contributed by atoms with E-state index in [-0.39, 0.29) is 25.3 Å². The van der Waals surface area contributed by atoms with E-state index in [1.165, 1.54) is 15.0 Å². The van der Waals surface area contributed by atoms with Gasteiger partial charge in [0, 0.05) is 26.2 Å². The van der Waals surface area contributed by atoms with Gasteiger partial charge in [-0.15, -0.1) is 0 Å². The molecule has 33 heavy (non-hydrogen) atoms. The summed E-state index contributed by atoms with van der Waals surface area (Å²) in [4.78, 5) is 43.3. The smallest absolute Gasteiger partial charge is 0.432 e. The number of hydrogen-bond acceptors (Lipinski definition) is 7. The first-order valence-corrected chi connectivity index (χ1v) is 11.2. The highest BCUT2D eigenvalue weighted by molar-refractivity contribution is 5.68. The Morgan fingerprint density at radius 1 is 1.18 bits per heavy atom. The van der Waals surface area contributed by atoms with Gasteiger partial charge < -0.3 is 30.2 Å². The number of imidazole rings is 1. The molecule has 182 valence electrons. The monoisotopic (exact) mass is 463 g/mol. The lowest BCUT2D eigenvalue weighted by molar-refractivity contribution is 0.0196. The molecule has 2 amide bonds. The number of aromatic hydroxyl groups is 1. The van der Waals surface area contributed by atoms with Crippen LogP contribution >= 0.6 is 0 Å². The van der Waals surface area contributed by atoms with E-state index in [1.807, 2.05) is 0 Å². The second kappa shape index (κ2) is 10.6. The summed E-state index contributed by atoms with van der Waals surface area (Å²) in [6.07, 6.45) is 8.06. The first-order chi connectivity index (χ1) is 15.7. The number of rotatable bonds is 7. The van der Waals surface area contributed by atoms with Crippen molar-refractivity contribution in [3.8, 4) is 5.88 Å². The molecule has 1 aliphatic carbocycles. The highest BCUT2D eigenvalue weighted by atomic mass is 16.7. The fourth-order valence-electron chi connectivity index (χ4n) is 3.59. The van der Waals surface area contributed by atoms with Crippen molar-refractivity contribution in [2.24, 2.45) is 0 Å². The van der Waals surface area contributed by atoms with Crippen molar-refractivity contribution < 1.29 is 24.3 Å². The number of hydrogen-bond donors (Lipinski definition) is 3. The van der Waals surface area contributed by atoms with Crippen molar-refractivity contribution >= 4 is 12.2 Å². The van der Waals surface area contributed by atoms with Gasteiger partial charge in [0.25, 0.3) is 5.88 Å². The van der Waals surface area contributed by atoms with Gasteiger partial charge >= 0.3 is 17.9 Å². The highest BCUT2D eigenvalue weighted by Crippen LogP contribution is 2.22. The van der Waals surface area contributed by atoms with E-state index < -0.39 is 29.4 Å². The number of fused-ring (bicyclic) bond motifs is 1. The van der Waals surface area contributed by atoms with Crippen molar-refractivity contribution in [3.05, 3.63) is 40.0 Å². The van der Waals surface area contributed by atoms with Gasteiger partial charge in [-0.05, 0) is 46.6 Å². The maximum absolute atomic E-state index is 12.5. The summed E-state index contributed by atoms with van der Waals surface area (Å²) in [7, 11) is 0. The van der Waals surface area contributed by atoms with Gasteiger partial charge in [0.2, 0.25) is 0 Å². The Balaban J connectivity index is 1.47. The fraction of sp³-hybridized carbons (Fsp3) is 0.591. The maximum atomic E-state index is 12.5. The molecule has 1 aliphatic heterocycles. The lowest BCUT2D eigenvalue weighted by Gasteiger charge is -2.30. The lowest BCUT2D eigenvalue weighted by Crippen LogP contribution is -2.44. The van der Waals surface area contributed by atoms with Crippen molar-refractivity contribution in [1.82, 2.24) is 24.8 Å². The number of nitrogens with zero attached hydrogens (tertiary/aromatic N) is 3. The Kier molecular flexibility index (Phi) is 7.85. The van der Waals surface area contributed by atoms with Crippen LogP contribution in [0.3, 0.4) is 0 Å². The van der Waals surface area contributed by atoms with E-state index in [2.05, 4.69) is 28.9 Å². The van der Waals surface area contributed by atoms with E-state index in [1.54, 1.807) is 20.8 Å². The molecule has 11 heteroatoms. The van der Waals surface area contributed by atoms with Gasteiger partial charge in [0.15, 0.2) is 0 Å². The molecule has 0 aromatic carbocycles. The number of amides is 2. The molecule has 11 nitrogen and oxygen atoms in total. The molecule has 3 rings (SSSR count). The van der Waals surface area contributed by atoms with Crippen LogP contribution < -0.4 is 21.2 Å². The van der Waals surface area contributed by atoms with Gasteiger partial charge in [-0.3, -0.25) is 4.57 Å². The number of carbonyl (C=O) groups is 2. The lowest BCUT2D eigenvalue weighted by atomic mass is 10.0. The van der Waals surface area contributed by atoms with Gasteiger partial charge in [0.05, 0.1) is 6.54 Å². The second-order valence-electron chi connectivity index (χ2n) is 9.00. The minimum absolute atomic E-state index is 0.0376. The molecule has 1 aromatic rings. The standard InChI is InChI=1S/C22H33N5O6/c1-22(2,3)32-21(31)25-13-14-26-17(15-25)18(28)27(20(26)30)33-19(29)24-12-11-23-10-9-16-7-5-4-6-8-16/h4-5,7,23,28H,6,8-15H2,1-3H3,(H,24,29). The van der Waals surface area contributed by atoms with E-state index in [9.17, 15) is 19.5 Å². The molecule has 0 radical (unpaired) electrons. The van der Waals surface area contributed by atoms with Crippen molar-refractivity contribution in [2.75, 3.05) is 26.2 Å². The minimum atomic E-state index is -0.860. The van der Waals surface area contributed by atoms with E-state index >= 15 is 0 Å². The summed E-state index contributed by atoms with van der Waals surface area (Å²) in [6.45, 7) is 7.25. The summed E-state index contributed by atoms with van der Waals surface area (Å²) < 4.78 is 7.16. The molecule has 0 saturated carbocycles. The van der Waals surface area contributed by atoms with E-state index in [0.717, 1.165) is 25.8 Å². The third-order valence-electron chi connectivity index (χ3n) is 5.24. The number of ether oxygens (including phenoxy) is 1. The van der Waals surface area contributed by atoms with Crippen LogP contribution in [0.2, 0.25) is 0 Å². The van der Waals surface area contributed by atoms with Gasteiger partial charge in [-0.1, -0.05) is 28.5 Å². The number of nitrogens with one attached hydrogen (secondary N) is 2. The molecule has 0 bridgehead atoms. The second-order valence-corrected chi connectivity index (χ2v) is 9.00. The van der Waals surface area contributed by atoms with Crippen LogP contribution in [0.1, 0.15) is 45.7 Å². The fourth-order valence-corrected chi connectivity index (χ4v) is 3.59. The summed E-state index contributed by atoms with van der Waals surface area (Å²) in [5.74, 6) is -0.517. The Hall–Kier alpha value is -3.21. The number of aromatic nitrogens is 2. The summed E-state index contributed by atoms with van der Waals surface area (Å²) in [5.41, 5.74) is 0.228. The largest absolute Gasteiger partial charge is 0.491 e. The van der Waals surface area contributed by atoms with Crippen LogP contribution in [-0.4, -0.2) is 63.3 Å². The molecule has 2 aliphatic rings. The van der Waals surface area contributed by atoms with Crippen molar-refractivity contribution in [3.63, 3.8) is 0 Å². The highest BCUT2D eigenvalue weighted by Gasteiger charge is 2.31. The molecule has 0 fully saturated rings. The Morgan fingerprint density at radius 2 is 1.97 bits per heavy atom. The minimum Gasteiger partial charge on any atom is -0.491 e. The van der Waals surface area contributed by atoms with Crippen molar-refractivity contribution in [1.29, 1.82) is 0 Å². The summed E-state index contributed by atoms with van der Waals surface area (Å²) >= 11 is 0. The molecule has 1 aromatic heterocycles. The molecular formula is C22H33N5O6. The van der Waals surface area contributed by atoms with Gasteiger partial charge in [-0.25, -0.2) is 14.4 Å². The normalized spacial score (nSPS) is 15.6. The van der Waals surface area contributed by atoms with Crippen LogP contribution in [-0.2, 0) is 17.8 Å². The Labute approximate surface area is 192 Å². The van der Waals surface area contributed by atoms with E-state index in [4.69, 9.17) is 9.57 Å². The van der Waals surface area contributed by atoms with Crippen LogP contribution in [0.4, 0.5) is 9.59 Å². The predicted molar refractivity (Wildman–Crippen MR) is 121 cm³/mol. The molecule has 0 spiro atoms. The average Bonchev–Trinajstić information content (AvgIpc) is 3.00. The topological polar surface area (TPSA) is 127 Å². The molecular weight excluding hydrogens is 430 g/mol. The van der Waals surface area contributed by atoms with Crippen LogP contribution in [0.25, 0.3) is 0 Å². The molecule has 0 atom stereocenters. The molecule has 0 saturated heterocycles. The number of allylic oxidation sites excluding steroid dienone is 3. The number of carbonyl (C=O) groups excluding carboxylic acids is 2. The Bertz CT molecular complexity index is 985. The van der Waals surface area contributed by atoms with Crippen molar-refractivity contribution in [2.45, 2.75) is 58.7 Å². The first kappa shape index (κ1) is 24.4. The zero-order valence-corrected chi connectivity index (χ0v) is 19.4.